The van der Waals surface area contributed by atoms with Gasteiger partial charge in [-0.05, 0) is 66.5 Å². The van der Waals surface area contributed by atoms with Gasteiger partial charge in [0.1, 0.15) is 27.1 Å². The number of ether oxygens (including phenoxy) is 1. The van der Waals surface area contributed by atoms with Crippen LogP contribution in [0.15, 0.2) is 47.1 Å². The third kappa shape index (κ3) is 6.57. The third-order valence-corrected chi connectivity index (χ3v) is 7.61. The number of rotatable bonds is 9. The van der Waals surface area contributed by atoms with Gasteiger partial charge in [-0.25, -0.2) is 4.98 Å². The normalized spacial score (nSPS) is 17.1. The lowest BCUT2D eigenvalue weighted by atomic mass is 9.82. The number of ketones is 1. The van der Waals surface area contributed by atoms with E-state index >= 15 is 0 Å². The first kappa shape index (κ1) is 26.6. The van der Waals surface area contributed by atoms with Gasteiger partial charge < -0.3 is 19.3 Å². The highest BCUT2D eigenvalue weighted by Crippen LogP contribution is 2.37. The molecule has 0 aliphatic carbocycles. The number of benzene rings is 1. The summed E-state index contributed by atoms with van der Waals surface area (Å²) in [6, 6.07) is 13.0. The Labute approximate surface area is 211 Å². The SMILES string of the molecule is CC(C)(C)[S+]([O-])NC(CC(=O)CC(=O)O)(c1ccc(N2CCOCC2)cc1)c1cccc(Br)n1. The second kappa shape index (κ2) is 11.2. The van der Waals surface area contributed by atoms with Crippen molar-refractivity contribution in [3.05, 3.63) is 58.3 Å². The number of carbonyl (C=O) groups excluding carboxylic acids is 1. The molecule has 10 heteroatoms. The highest BCUT2D eigenvalue weighted by atomic mass is 79.9. The van der Waals surface area contributed by atoms with Crippen LogP contribution < -0.4 is 9.62 Å². The Morgan fingerprint density at radius 2 is 1.82 bits per heavy atom. The number of anilines is 1. The molecule has 2 atom stereocenters. The number of carboxylic acids is 1. The summed E-state index contributed by atoms with van der Waals surface area (Å²) >= 11 is 1.81. The summed E-state index contributed by atoms with van der Waals surface area (Å²) in [5.74, 6) is -1.70. The van der Waals surface area contributed by atoms with E-state index in [1.54, 1.807) is 18.2 Å². The van der Waals surface area contributed by atoms with Crippen LogP contribution in [0.25, 0.3) is 0 Å². The van der Waals surface area contributed by atoms with Crippen LogP contribution in [0.5, 0.6) is 0 Å². The van der Waals surface area contributed by atoms with Crippen molar-refractivity contribution < 1.29 is 24.0 Å². The first-order chi connectivity index (χ1) is 16.0. The second-order valence-electron chi connectivity index (χ2n) is 9.17. The predicted molar refractivity (Wildman–Crippen MR) is 135 cm³/mol. The van der Waals surface area contributed by atoms with E-state index in [0.29, 0.717) is 29.1 Å². The van der Waals surface area contributed by atoms with Gasteiger partial charge in [-0.2, -0.15) is 0 Å². The molecule has 0 radical (unpaired) electrons. The van der Waals surface area contributed by atoms with Crippen molar-refractivity contribution in [1.29, 1.82) is 0 Å². The number of pyridine rings is 1. The van der Waals surface area contributed by atoms with Gasteiger partial charge >= 0.3 is 5.97 Å². The molecule has 2 heterocycles. The number of Topliss-reactive ketones (excluding diaryl/α,β-unsaturated/α-hetero) is 1. The lowest BCUT2D eigenvalue weighted by Gasteiger charge is -2.37. The zero-order chi connectivity index (χ0) is 24.9. The minimum atomic E-state index is -1.58. The first-order valence-corrected chi connectivity index (χ1v) is 12.9. The summed E-state index contributed by atoms with van der Waals surface area (Å²) < 4.78 is 21.9. The molecule has 1 aliphatic heterocycles. The summed E-state index contributed by atoms with van der Waals surface area (Å²) in [6.45, 7) is 8.36. The summed E-state index contributed by atoms with van der Waals surface area (Å²) in [4.78, 5) is 31.0. The van der Waals surface area contributed by atoms with Crippen LogP contribution in [0.1, 0.15) is 44.9 Å². The van der Waals surface area contributed by atoms with E-state index in [1.807, 2.05) is 45.0 Å². The van der Waals surface area contributed by atoms with Crippen LogP contribution in [-0.2, 0) is 31.2 Å². The summed E-state index contributed by atoms with van der Waals surface area (Å²) in [7, 11) is 0. The van der Waals surface area contributed by atoms with Crippen LogP contribution in [0.2, 0.25) is 0 Å². The Hall–Kier alpha value is -1.98. The van der Waals surface area contributed by atoms with Crippen molar-refractivity contribution in [2.75, 3.05) is 31.2 Å². The third-order valence-electron chi connectivity index (χ3n) is 5.52. The number of carbonyl (C=O) groups is 2. The number of nitrogens with zero attached hydrogens (tertiary/aromatic N) is 2. The molecule has 34 heavy (non-hydrogen) atoms. The maximum Gasteiger partial charge on any atom is 0.310 e. The molecule has 1 aromatic heterocycles. The Morgan fingerprint density at radius 1 is 1.18 bits per heavy atom. The molecule has 1 saturated heterocycles. The van der Waals surface area contributed by atoms with Crippen molar-refractivity contribution in [1.82, 2.24) is 9.71 Å². The van der Waals surface area contributed by atoms with Gasteiger partial charge in [-0.3, -0.25) is 9.59 Å². The topological polar surface area (TPSA) is 115 Å². The van der Waals surface area contributed by atoms with Gasteiger partial charge in [0.2, 0.25) is 0 Å². The molecule has 1 aliphatic rings. The zero-order valence-corrected chi connectivity index (χ0v) is 21.9. The molecule has 184 valence electrons. The maximum absolute atomic E-state index is 13.3. The minimum Gasteiger partial charge on any atom is -0.598 e. The van der Waals surface area contributed by atoms with Gasteiger partial charge in [-0.1, -0.05) is 18.2 Å². The molecule has 1 aromatic carbocycles. The predicted octanol–water partition coefficient (Wildman–Crippen LogP) is 3.41. The van der Waals surface area contributed by atoms with Crippen molar-refractivity contribution in [2.24, 2.45) is 0 Å². The highest BCUT2D eigenvalue weighted by Gasteiger charge is 2.45. The molecule has 0 saturated carbocycles. The van der Waals surface area contributed by atoms with Crippen molar-refractivity contribution in [2.45, 2.75) is 43.9 Å². The van der Waals surface area contributed by atoms with E-state index in [0.717, 1.165) is 18.8 Å². The molecule has 0 bridgehead atoms. The lowest BCUT2D eigenvalue weighted by molar-refractivity contribution is -0.140. The van der Waals surface area contributed by atoms with E-state index in [1.165, 1.54) is 0 Å². The number of carboxylic acid groups (broad SMARTS) is 1. The fraction of sp³-hybridized carbons (Fsp3) is 0.458. The second-order valence-corrected chi connectivity index (χ2v) is 11.9. The average molecular weight is 552 g/mol. The molecule has 1 fully saturated rings. The Morgan fingerprint density at radius 3 is 2.38 bits per heavy atom. The Balaban J connectivity index is 2.12. The highest BCUT2D eigenvalue weighted by molar-refractivity contribution is 9.10. The Bertz CT molecular complexity index is 1010. The molecule has 2 N–H and O–H groups in total. The number of halogens is 1. The fourth-order valence-corrected chi connectivity index (χ4v) is 5.01. The molecule has 0 amide bonds. The Kier molecular flexibility index (Phi) is 8.75. The van der Waals surface area contributed by atoms with E-state index in [4.69, 9.17) is 4.74 Å². The molecule has 2 unspecified atom stereocenters. The number of aliphatic carboxylic acids is 1. The smallest absolute Gasteiger partial charge is 0.310 e. The van der Waals surface area contributed by atoms with Crippen LogP contribution in [-0.4, -0.2) is 57.4 Å². The summed E-state index contributed by atoms with van der Waals surface area (Å²) in [5.41, 5.74) is 0.860. The summed E-state index contributed by atoms with van der Waals surface area (Å²) in [6.07, 6.45) is -0.854. The molecule has 3 rings (SSSR count). The lowest BCUT2D eigenvalue weighted by Crippen LogP contribution is -2.53. The molecule has 0 spiro atoms. The number of hydrogen-bond acceptors (Lipinski definition) is 7. The van der Waals surface area contributed by atoms with E-state index in [-0.39, 0.29) is 6.42 Å². The van der Waals surface area contributed by atoms with Crippen molar-refractivity contribution in [3.8, 4) is 0 Å². The van der Waals surface area contributed by atoms with Crippen LogP contribution in [0, 0.1) is 0 Å². The number of aromatic nitrogens is 1. The largest absolute Gasteiger partial charge is 0.598 e. The van der Waals surface area contributed by atoms with Crippen LogP contribution in [0.3, 0.4) is 0 Å². The zero-order valence-electron chi connectivity index (χ0n) is 19.5. The van der Waals surface area contributed by atoms with Crippen LogP contribution >= 0.6 is 15.9 Å². The first-order valence-electron chi connectivity index (χ1n) is 11.0. The molecular formula is C24H30BrN3O5S. The van der Waals surface area contributed by atoms with Crippen molar-refractivity contribution in [3.63, 3.8) is 0 Å². The average Bonchev–Trinajstić information content (AvgIpc) is 2.78. The molecule has 8 nitrogen and oxygen atoms in total. The standard InChI is InChI=1S/C24H30BrN3O5S/c1-23(2,3)34(32)27-24(16-19(29)15-22(30)31,20-5-4-6-21(25)26-20)17-7-9-18(10-8-17)28-11-13-33-14-12-28/h4-10,27H,11-16H2,1-3H3,(H,30,31). The number of hydrogen-bond donors (Lipinski definition) is 2. The van der Waals surface area contributed by atoms with E-state index in [2.05, 4.69) is 30.5 Å². The van der Waals surface area contributed by atoms with Gasteiger partial charge in [0.15, 0.2) is 0 Å². The number of morpholine rings is 1. The van der Waals surface area contributed by atoms with Gasteiger partial charge in [0.25, 0.3) is 0 Å². The van der Waals surface area contributed by atoms with Crippen molar-refractivity contribution >= 4 is 44.7 Å². The maximum atomic E-state index is 13.3. The fourth-order valence-electron chi connectivity index (χ4n) is 3.75. The molecular weight excluding hydrogens is 522 g/mol. The molecule has 2 aromatic rings. The van der Waals surface area contributed by atoms with E-state index in [9.17, 15) is 19.2 Å². The van der Waals surface area contributed by atoms with E-state index < -0.39 is 39.8 Å². The number of nitrogens with one attached hydrogen (secondary N) is 1. The summed E-state index contributed by atoms with van der Waals surface area (Å²) in [5, 5.41) is 9.22. The minimum absolute atomic E-state index is 0.221. The quantitative estimate of drug-likeness (QED) is 0.277. The van der Waals surface area contributed by atoms with Crippen LogP contribution in [0.4, 0.5) is 5.69 Å². The van der Waals surface area contributed by atoms with Gasteiger partial charge in [0.05, 0.1) is 18.9 Å². The monoisotopic (exact) mass is 551 g/mol. The van der Waals surface area contributed by atoms with Gasteiger partial charge in [-0.15, -0.1) is 4.72 Å². The van der Waals surface area contributed by atoms with Gasteiger partial charge in [0, 0.05) is 36.6 Å².